The highest BCUT2D eigenvalue weighted by Gasteiger charge is 2.05. The van der Waals surface area contributed by atoms with Crippen LogP contribution in [0.2, 0.25) is 0 Å². The molecule has 2 N–H and O–H groups in total. The van der Waals surface area contributed by atoms with Crippen molar-refractivity contribution in [3.05, 3.63) is 42.2 Å². The van der Waals surface area contributed by atoms with Crippen LogP contribution in [0.3, 0.4) is 0 Å². The van der Waals surface area contributed by atoms with Gasteiger partial charge in [0.1, 0.15) is 6.33 Å². The first-order valence-electron chi connectivity index (χ1n) is 4.38. The molecule has 0 fully saturated rings. The summed E-state index contributed by atoms with van der Waals surface area (Å²) in [5.41, 5.74) is 1.27. The van der Waals surface area contributed by atoms with Crippen molar-refractivity contribution in [2.45, 2.75) is 6.54 Å². The molecule has 2 aromatic heterocycles. The third-order valence-corrected chi connectivity index (χ3v) is 1.83. The molecule has 0 aliphatic rings. The van der Waals surface area contributed by atoms with Crippen molar-refractivity contribution < 1.29 is 4.79 Å². The zero-order valence-electron chi connectivity index (χ0n) is 7.84. The lowest BCUT2D eigenvalue weighted by molar-refractivity contribution is 0.0950. The Bertz CT molecular complexity index is 425. The molecule has 0 saturated heterocycles. The topological polar surface area (TPSA) is 83.6 Å². The number of aromatic amines is 1. The van der Waals surface area contributed by atoms with Crippen LogP contribution < -0.4 is 5.32 Å². The summed E-state index contributed by atoms with van der Waals surface area (Å²) in [5.74, 6) is -0.178. The molecule has 0 aliphatic carbocycles. The molecule has 0 radical (unpaired) electrons. The maximum atomic E-state index is 11.5. The minimum Gasteiger partial charge on any atom is -0.346 e. The Morgan fingerprint density at radius 2 is 2.47 bits per heavy atom. The van der Waals surface area contributed by atoms with Crippen molar-refractivity contribution in [2.75, 3.05) is 0 Å². The molecule has 0 saturated carbocycles. The molecular weight excluding hydrogens is 194 g/mol. The second-order valence-corrected chi connectivity index (χ2v) is 2.87. The molecule has 2 rings (SSSR count). The van der Waals surface area contributed by atoms with Crippen molar-refractivity contribution >= 4 is 5.91 Å². The number of carbonyl (C=O) groups is 1. The summed E-state index contributed by atoms with van der Waals surface area (Å²) >= 11 is 0. The van der Waals surface area contributed by atoms with Gasteiger partial charge >= 0.3 is 0 Å². The molecule has 2 heterocycles. The van der Waals surface area contributed by atoms with Crippen molar-refractivity contribution in [1.82, 2.24) is 25.5 Å². The number of aromatic nitrogens is 4. The Morgan fingerprint density at radius 1 is 1.53 bits per heavy atom. The summed E-state index contributed by atoms with van der Waals surface area (Å²) in [6.07, 6.45) is 6.08. The Hall–Kier alpha value is -2.24. The van der Waals surface area contributed by atoms with Crippen molar-refractivity contribution in [3.8, 4) is 0 Å². The van der Waals surface area contributed by atoms with Gasteiger partial charge in [0.25, 0.3) is 5.91 Å². The lowest BCUT2D eigenvalue weighted by Gasteiger charge is -2.01. The third-order valence-electron chi connectivity index (χ3n) is 1.83. The van der Waals surface area contributed by atoms with Crippen LogP contribution in [0.4, 0.5) is 0 Å². The molecule has 0 unspecified atom stereocenters. The van der Waals surface area contributed by atoms with Gasteiger partial charge in [-0.05, 0) is 6.07 Å². The number of hydrogen-bond acceptors (Lipinski definition) is 4. The molecule has 0 aromatic carbocycles. The van der Waals surface area contributed by atoms with Crippen molar-refractivity contribution in [2.24, 2.45) is 0 Å². The van der Waals surface area contributed by atoms with Crippen LogP contribution in [0.15, 0.2) is 31.0 Å². The predicted octanol–water partition coefficient (Wildman–Crippen LogP) is 0.130. The van der Waals surface area contributed by atoms with E-state index in [0.29, 0.717) is 12.1 Å². The second-order valence-electron chi connectivity index (χ2n) is 2.87. The molecule has 0 aliphatic heterocycles. The number of hydrogen-bond donors (Lipinski definition) is 2. The monoisotopic (exact) mass is 203 g/mol. The molecule has 15 heavy (non-hydrogen) atoms. The summed E-state index contributed by atoms with van der Waals surface area (Å²) in [5, 5.41) is 8.97. The number of H-pyrrole nitrogens is 1. The van der Waals surface area contributed by atoms with E-state index in [9.17, 15) is 4.79 Å². The Balaban J connectivity index is 1.92. The average molecular weight is 203 g/mol. The molecule has 0 atom stereocenters. The lowest BCUT2D eigenvalue weighted by Crippen LogP contribution is -2.22. The van der Waals surface area contributed by atoms with Crippen molar-refractivity contribution in [1.29, 1.82) is 0 Å². The molecule has 6 heteroatoms. The summed E-state index contributed by atoms with van der Waals surface area (Å²) in [4.78, 5) is 19.2. The van der Waals surface area contributed by atoms with Gasteiger partial charge in [0.15, 0.2) is 0 Å². The standard InChI is InChI=1S/C9H9N5O/c15-9(7-3-13-14-4-7)11-5-8-1-2-10-6-12-8/h1-4,6H,5H2,(H,11,15)(H,13,14). The van der Waals surface area contributed by atoms with Crippen LogP contribution in [-0.4, -0.2) is 26.1 Å². The quantitative estimate of drug-likeness (QED) is 0.742. The Kier molecular flexibility index (Phi) is 2.68. The largest absolute Gasteiger partial charge is 0.346 e. The predicted molar refractivity (Wildman–Crippen MR) is 51.8 cm³/mol. The minimum absolute atomic E-state index is 0.178. The van der Waals surface area contributed by atoms with E-state index in [1.54, 1.807) is 12.3 Å². The lowest BCUT2D eigenvalue weighted by atomic mass is 10.3. The van der Waals surface area contributed by atoms with E-state index in [0.717, 1.165) is 5.69 Å². The smallest absolute Gasteiger partial charge is 0.254 e. The number of amides is 1. The fourth-order valence-corrected chi connectivity index (χ4v) is 1.07. The van der Waals surface area contributed by atoms with E-state index in [1.807, 2.05) is 0 Å². The highest BCUT2D eigenvalue weighted by atomic mass is 16.1. The third kappa shape index (κ3) is 2.37. The van der Waals surface area contributed by atoms with E-state index in [1.165, 1.54) is 18.7 Å². The van der Waals surface area contributed by atoms with E-state index in [-0.39, 0.29) is 5.91 Å². The van der Waals surface area contributed by atoms with Crippen LogP contribution in [0, 0.1) is 0 Å². The number of nitrogens with one attached hydrogen (secondary N) is 2. The first kappa shape index (κ1) is 9.32. The highest BCUT2D eigenvalue weighted by molar-refractivity contribution is 5.93. The summed E-state index contributed by atoms with van der Waals surface area (Å²) in [7, 11) is 0. The molecule has 76 valence electrons. The van der Waals surface area contributed by atoms with E-state index < -0.39 is 0 Å². The second kappa shape index (κ2) is 4.32. The summed E-state index contributed by atoms with van der Waals surface area (Å²) < 4.78 is 0. The van der Waals surface area contributed by atoms with Gasteiger partial charge in [-0.2, -0.15) is 5.10 Å². The van der Waals surface area contributed by atoms with Gasteiger partial charge in [0.2, 0.25) is 0 Å². The molecule has 0 bridgehead atoms. The van der Waals surface area contributed by atoms with Gasteiger partial charge in [-0.15, -0.1) is 0 Å². The van der Waals surface area contributed by atoms with Gasteiger partial charge in [-0.1, -0.05) is 0 Å². The first-order valence-corrected chi connectivity index (χ1v) is 4.38. The maximum absolute atomic E-state index is 11.5. The van der Waals surface area contributed by atoms with Crippen LogP contribution >= 0.6 is 0 Å². The van der Waals surface area contributed by atoms with Gasteiger partial charge in [-0.3, -0.25) is 9.89 Å². The molecule has 0 spiro atoms. The Labute approximate surface area is 85.8 Å². The van der Waals surface area contributed by atoms with E-state index in [2.05, 4.69) is 25.5 Å². The van der Waals surface area contributed by atoms with Gasteiger partial charge in [0, 0.05) is 12.4 Å². The number of rotatable bonds is 3. The number of nitrogens with zero attached hydrogens (tertiary/aromatic N) is 3. The highest BCUT2D eigenvalue weighted by Crippen LogP contribution is 1.95. The zero-order chi connectivity index (χ0) is 10.5. The van der Waals surface area contributed by atoms with Gasteiger partial charge < -0.3 is 5.32 Å². The molecular formula is C9H9N5O. The molecule has 2 aromatic rings. The number of carbonyl (C=O) groups excluding carboxylic acids is 1. The van der Waals surface area contributed by atoms with Crippen LogP contribution in [0.5, 0.6) is 0 Å². The van der Waals surface area contributed by atoms with Gasteiger partial charge in [-0.25, -0.2) is 9.97 Å². The normalized spacial score (nSPS) is 9.87. The van der Waals surface area contributed by atoms with E-state index >= 15 is 0 Å². The molecule has 1 amide bonds. The minimum atomic E-state index is -0.178. The van der Waals surface area contributed by atoms with Crippen LogP contribution in [-0.2, 0) is 6.54 Å². The average Bonchev–Trinajstić information content (AvgIpc) is 2.81. The summed E-state index contributed by atoms with van der Waals surface area (Å²) in [6, 6.07) is 1.75. The van der Waals surface area contributed by atoms with E-state index in [4.69, 9.17) is 0 Å². The summed E-state index contributed by atoms with van der Waals surface area (Å²) in [6.45, 7) is 0.381. The van der Waals surface area contributed by atoms with Crippen LogP contribution in [0.25, 0.3) is 0 Å². The SMILES string of the molecule is O=C(NCc1ccncn1)c1cn[nH]c1. The zero-order valence-corrected chi connectivity index (χ0v) is 7.84. The van der Waals surface area contributed by atoms with Crippen molar-refractivity contribution in [3.63, 3.8) is 0 Å². The fourth-order valence-electron chi connectivity index (χ4n) is 1.07. The van der Waals surface area contributed by atoms with Gasteiger partial charge in [0.05, 0.1) is 24.0 Å². The first-order chi connectivity index (χ1) is 7.36. The Morgan fingerprint density at radius 3 is 3.13 bits per heavy atom. The molecule has 6 nitrogen and oxygen atoms in total. The van der Waals surface area contributed by atoms with Crippen LogP contribution in [0.1, 0.15) is 16.1 Å². The fraction of sp³-hybridized carbons (Fsp3) is 0.111. The maximum Gasteiger partial charge on any atom is 0.254 e.